The van der Waals surface area contributed by atoms with Crippen molar-refractivity contribution in [1.29, 1.82) is 0 Å². The van der Waals surface area contributed by atoms with Gasteiger partial charge >= 0.3 is 5.97 Å². The van der Waals surface area contributed by atoms with Crippen molar-refractivity contribution in [3.8, 4) is 11.5 Å². The fourth-order valence-corrected chi connectivity index (χ4v) is 4.83. The number of benzene rings is 2. The zero-order valence-electron chi connectivity index (χ0n) is 17.2. The highest BCUT2D eigenvalue weighted by molar-refractivity contribution is 7.89. The number of carbonyl (C=O) groups is 1. The molecule has 9 heteroatoms. The first-order valence-corrected chi connectivity index (χ1v) is 11.2. The SMILES string of the molecule is COc1ccc(S(=O)(=O)N2CCOCC2)cc1C(=O)Oc1cccc2ccc(C)nc12. The van der Waals surface area contributed by atoms with Gasteiger partial charge in [0.15, 0.2) is 5.75 Å². The number of hydrogen-bond donors (Lipinski definition) is 0. The third-order valence-corrected chi connectivity index (χ3v) is 6.92. The molecule has 31 heavy (non-hydrogen) atoms. The topological polar surface area (TPSA) is 95.0 Å². The maximum Gasteiger partial charge on any atom is 0.347 e. The van der Waals surface area contributed by atoms with E-state index < -0.39 is 16.0 Å². The number of morpholine rings is 1. The minimum absolute atomic E-state index is 0.00552. The summed E-state index contributed by atoms with van der Waals surface area (Å²) in [6.45, 7) is 3.03. The molecule has 0 radical (unpaired) electrons. The van der Waals surface area contributed by atoms with Gasteiger partial charge in [-0.05, 0) is 37.3 Å². The van der Waals surface area contributed by atoms with Gasteiger partial charge in [-0.15, -0.1) is 0 Å². The number of pyridine rings is 1. The Morgan fingerprint density at radius 1 is 1.06 bits per heavy atom. The van der Waals surface area contributed by atoms with Gasteiger partial charge in [-0.2, -0.15) is 4.31 Å². The molecule has 4 rings (SSSR count). The number of fused-ring (bicyclic) bond motifs is 1. The molecular formula is C22H22N2O6S. The van der Waals surface area contributed by atoms with Gasteiger partial charge in [0.05, 0.1) is 25.2 Å². The number of aromatic nitrogens is 1. The first kappa shape index (κ1) is 21.2. The number of methoxy groups -OCH3 is 1. The van der Waals surface area contributed by atoms with E-state index in [-0.39, 0.29) is 35.0 Å². The van der Waals surface area contributed by atoms with Gasteiger partial charge in [0.2, 0.25) is 10.0 Å². The van der Waals surface area contributed by atoms with Crippen LogP contribution in [0.1, 0.15) is 16.1 Å². The smallest absolute Gasteiger partial charge is 0.347 e. The summed E-state index contributed by atoms with van der Waals surface area (Å²) < 4.78 is 43.5. The monoisotopic (exact) mass is 442 g/mol. The normalized spacial score (nSPS) is 15.0. The quantitative estimate of drug-likeness (QED) is 0.443. The van der Waals surface area contributed by atoms with Crippen LogP contribution in [0.25, 0.3) is 10.9 Å². The molecule has 0 bridgehead atoms. The Balaban J connectivity index is 1.70. The lowest BCUT2D eigenvalue weighted by Crippen LogP contribution is -2.40. The number of ether oxygens (including phenoxy) is 3. The molecule has 1 aliphatic rings. The Bertz CT molecular complexity index is 1240. The van der Waals surface area contributed by atoms with Crippen LogP contribution in [-0.2, 0) is 14.8 Å². The average Bonchev–Trinajstić information content (AvgIpc) is 2.79. The van der Waals surface area contributed by atoms with Crippen molar-refractivity contribution in [2.24, 2.45) is 0 Å². The summed E-state index contributed by atoms with van der Waals surface area (Å²) in [5.74, 6) is -0.225. The molecule has 1 aliphatic heterocycles. The molecule has 3 aromatic rings. The van der Waals surface area contributed by atoms with Crippen LogP contribution in [0.4, 0.5) is 0 Å². The van der Waals surface area contributed by atoms with Crippen LogP contribution in [0, 0.1) is 6.92 Å². The molecule has 2 aromatic carbocycles. The lowest BCUT2D eigenvalue weighted by atomic mass is 10.2. The van der Waals surface area contributed by atoms with Crippen molar-refractivity contribution in [3.63, 3.8) is 0 Å². The van der Waals surface area contributed by atoms with Crippen LogP contribution in [0.5, 0.6) is 11.5 Å². The van der Waals surface area contributed by atoms with Crippen molar-refractivity contribution in [2.75, 3.05) is 33.4 Å². The van der Waals surface area contributed by atoms with E-state index >= 15 is 0 Å². The van der Waals surface area contributed by atoms with Crippen molar-refractivity contribution < 1.29 is 27.4 Å². The molecule has 0 spiro atoms. The van der Waals surface area contributed by atoms with Crippen LogP contribution < -0.4 is 9.47 Å². The maximum atomic E-state index is 13.0. The van der Waals surface area contributed by atoms with Crippen molar-refractivity contribution in [3.05, 3.63) is 59.8 Å². The average molecular weight is 442 g/mol. The number of hydrogen-bond acceptors (Lipinski definition) is 7. The van der Waals surface area contributed by atoms with Crippen LogP contribution >= 0.6 is 0 Å². The van der Waals surface area contributed by atoms with Gasteiger partial charge in [0.25, 0.3) is 0 Å². The largest absolute Gasteiger partial charge is 0.496 e. The van der Waals surface area contributed by atoms with E-state index in [2.05, 4.69) is 4.98 Å². The van der Waals surface area contributed by atoms with Gasteiger partial charge < -0.3 is 14.2 Å². The summed E-state index contributed by atoms with van der Waals surface area (Å²) in [4.78, 5) is 17.5. The highest BCUT2D eigenvalue weighted by Gasteiger charge is 2.28. The molecule has 0 N–H and O–H groups in total. The molecule has 1 fully saturated rings. The molecule has 1 saturated heterocycles. The number of sulfonamides is 1. The molecule has 8 nitrogen and oxygen atoms in total. The number of para-hydroxylation sites is 1. The highest BCUT2D eigenvalue weighted by atomic mass is 32.2. The molecule has 1 aromatic heterocycles. The summed E-state index contributed by atoms with van der Waals surface area (Å²) in [7, 11) is -2.37. The minimum atomic E-state index is -3.78. The van der Waals surface area contributed by atoms with E-state index in [1.54, 1.807) is 12.1 Å². The molecule has 162 valence electrons. The van der Waals surface area contributed by atoms with E-state index in [9.17, 15) is 13.2 Å². The first-order valence-electron chi connectivity index (χ1n) is 9.74. The number of carbonyl (C=O) groups excluding carboxylic acids is 1. The highest BCUT2D eigenvalue weighted by Crippen LogP contribution is 2.29. The number of esters is 1. The predicted molar refractivity (Wildman–Crippen MR) is 114 cm³/mol. The zero-order valence-corrected chi connectivity index (χ0v) is 18.0. The van der Waals surface area contributed by atoms with Crippen molar-refractivity contribution in [2.45, 2.75) is 11.8 Å². The van der Waals surface area contributed by atoms with Gasteiger partial charge in [0.1, 0.15) is 16.8 Å². The molecule has 0 saturated carbocycles. The van der Waals surface area contributed by atoms with Gasteiger partial charge in [-0.25, -0.2) is 18.2 Å². The van der Waals surface area contributed by atoms with Crippen LogP contribution in [0.15, 0.2) is 53.4 Å². The fraction of sp³-hybridized carbons (Fsp3) is 0.273. The van der Waals surface area contributed by atoms with Crippen molar-refractivity contribution >= 4 is 26.9 Å². The standard InChI is InChI=1S/C22H22N2O6S/c1-15-6-7-16-4-3-5-20(21(16)23-15)30-22(25)18-14-17(8-9-19(18)28-2)31(26,27)24-10-12-29-13-11-24/h3-9,14H,10-13H2,1-2H3. The Labute approximate surface area is 180 Å². The summed E-state index contributed by atoms with van der Waals surface area (Å²) in [5, 5.41) is 0.825. The summed E-state index contributed by atoms with van der Waals surface area (Å²) >= 11 is 0. The second-order valence-corrected chi connectivity index (χ2v) is 8.99. The Hall–Kier alpha value is -3.01. The second kappa shape index (κ2) is 8.62. The number of nitrogens with zero attached hydrogens (tertiary/aromatic N) is 2. The van der Waals surface area contributed by atoms with Gasteiger partial charge in [-0.1, -0.05) is 18.2 Å². The van der Waals surface area contributed by atoms with Crippen LogP contribution in [-0.4, -0.2) is 57.1 Å². The third kappa shape index (κ3) is 4.25. The molecule has 0 amide bonds. The Morgan fingerprint density at radius 3 is 2.58 bits per heavy atom. The lowest BCUT2D eigenvalue weighted by molar-refractivity contribution is 0.0726. The second-order valence-electron chi connectivity index (χ2n) is 7.05. The van der Waals surface area contributed by atoms with E-state index in [4.69, 9.17) is 14.2 Å². The number of aryl methyl sites for hydroxylation is 1. The summed E-state index contributed by atoms with van der Waals surface area (Å²) in [5.41, 5.74) is 1.35. The fourth-order valence-electron chi connectivity index (χ4n) is 3.40. The molecule has 0 aliphatic carbocycles. The molecule has 2 heterocycles. The van der Waals surface area contributed by atoms with Crippen LogP contribution in [0.2, 0.25) is 0 Å². The predicted octanol–water partition coefficient (Wildman–Crippen LogP) is 2.79. The van der Waals surface area contributed by atoms with Gasteiger partial charge in [0, 0.05) is 24.2 Å². The minimum Gasteiger partial charge on any atom is -0.496 e. The number of rotatable bonds is 5. The maximum absolute atomic E-state index is 13.0. The van der Waals surface area contributed by atoms with E-state index in [1.807, 2.05) is 25.1 Å². The first-order chi connectivity index (χ1) is 14.9. The van der Waals surface area contributed by atoms with E-state index in [0.29, 0.717) is 18.7 Å². The Morgan fingerprint density at radius 2 is 1.84 bits per heavy atom. The summed E-state index contributed by atoms with van der Waals surface area (Å²) in [6.07, 6.45) is 0. The molecule has 0 atom stereocenters. The lowest BCUT2D eigenvalue weighted by Gasteiger charge is -2.26. The van der Waals surface area contributed by atoms with Crippen molar-refractivity contribution in [1.82, 2.24) is 9.29 Å². The summed E-state index contributed by atoms with van der Waals surface area (Å²) in [6, 6.07) is 13.2. The van der Waals surface area contributed by atoms with E-state index in [0.717, 1.165) is 11.1 Å². The van der Waals surface area contributed by atoms with E-state index in [1.165, 1.54) is 29.6 Å². The zero-order chi connectivity index (χ0) is 22.0. The van der Waals surface area contributed by atoms with Crippen LogP contribution in [0.3, 0.4) is 0 Å². The molecule has 0 unspecified atom stereocenters. The Kier molecular flexibility index (Phi) is 5.90. The molecular weight excluding hydrogens is 420 g/mol. The third-order valence-electron chi connectivity index (χ3n) is 5.02. The van der Waals surface area contributed by atoms with Gasteiger partial charge in [-0.3, -0.25) is 0 Å².